The average Bonchev–Trinajstić information content (AvgIpc) is 2.47. The maximum atomic E-state index is 10.8. The van der Waals surface area contributed by atoms with Crippen LogP contribution < -0.4 is 10.1 Å². The van der Waals surface area contributed by atoms with Gasteiger partial charge in [0.25, 0.3) is 10.1 Å². The molecule has 0 aliphatic rings. The molecule has 0 amide bonds. The SMILES string of the molecule is COc1ccc(C[C@@H](/C=C/C(C)(C)C)NCCCS(=O)(=O)O)cc1. The highest BCUT2D eigenvalue weighted by atomic mass is 32.2. The summed E-state index contributed by atoms with van der Waals surface area (Å²) < 4.78 is 35.5. The summed E-state index contributed by atoms with van der Waals surface area (Å²) in [6.45, 7) is 6.92. The standard InChI is InChI=1S/C18H29NO4S/c1-18(2,3)11-10-16(19-12-5-13-24(20,21)22)14-15-6-8-17(23-4)9-7-15/h6-11,16,19H,5,12-14H2,1-4H3,(H,20,21,22)/b11-10+/t16-/m1/s1. The molecule has 0 aliphatic carbocycles. The van der Waals surface area contributed by atoms with Gasteiger partial charge in [-0.1, -0.05) is 45.1 Å². The summed E-state index contributed by atoms with van der Waals surface area (Å²) in [4.78, 5) is 0. The Morgan fingerprint density at radius 3 is 2.38 bits per heavy atom. The van der Waals surface area contributed by atoms with Gasteiger partial charge in [0.15, 0.2) is 0 Å². The van der Waals surface area contributed by atoms with Crippen LogP contribution in [0.1, 0.15) is 32.8 Å². The van der Waals surface area contributed by atoms with Gasteiger partial charge in [0, 0.05) is 6.04 Å². The lowest BCUT2D eigenvalue weighted by atomic mass is 9.94. The van der Waals surface area contributed by atoms with E-state index in [9.17, 15) is 8.42 Å². The van der Waals surface area contributed by atoms with Gasteiger partial charge in [0.2, 0.25) is 0 Å². The molecule has 0 saturated carbocycles. The van der Waals surface area contributed by atoms with Crippen LogP contribution in [0.25, 0.3) is 0 Å². The lowest BCUT2D eigenvalue weighted by Crippen LogP contribution is -2.31. The highest BCUT2D eigenvalue weighted by Gasteiger charge is 2.10. The van der Waals surface area contributed by atoms with Gasteiger partial charge in [-0.25, -0.2) is 0 Å². The monoisotopic (exact) mass is 355 g/mol. The molecule has 0 spiro atoms. The molecule has 1 atom stereocenters. The smallest absolute Gasteiger partial charge is 0.264 e. The number of ether oxygens (including phenoxy) is 1. The Kier molecular flexibility index (Phi) is 7.93. The third-order valence-corrected chi connectivity index (χ3v) is 4.23. The Balaban J connectivity index is 2.67. The number of hydrogen-bond acceptors (Lipinski definition) is 4. The molecular formula is C18H29NO4S. The fourth-order valence-electron chi connectivity index (χ4n) is 2.17. The van der Waals surface area contributed by atoms with Crippen molar-refractivity contribution in [2.45, 2.75) is 39.7 Å². The Morgan fingerprint density at radius 2 is 1.88 bits per heavy atom. The number of methoxy groups -OCH3 is 1. The summed E-state index contributed by atoms with van der Waals surface area (Å²) in [6.07, 6.45) is 5.44. The number of rotatable bonds is 9. The van der Waals surface area contributed by atoms with Gasteiger partial charge in [-0.05, 0) is 42.5 Å². The molecular weight excluding hydrogens is 326 g/mol. The molecule has 0 unspecified atom stereocenters. The molecule has 24 heavy (non-hydrogen) atoms. The minimum atomic E-state index is -3.90. The van der Waals surface area contributed by atoms with Gasteiger partial charge in [-0.15, -0.1) is 0 Å². The van der Waals surface area contributed by atoms with Gasteiger partial charge in [-0.2, -0.15) is 8.42 Å². The van der Waals surface area contributed by atoms with Gasteiger partial charge in [-0.3, -0.25) is 4.55 Å². The second-order valence-electron chi connectivity index (χ2n) is 6.98. The number of hydrogen-bond donors (Lipinski definition) is 2. The molecule has 1 rings (SSSR count). The van der Waals surface area contributed by atoms with Gasteiger partial charge in [0.05, 0.1) is 12.9 Å². The highest BCUT2D eigenvalue weighted by molar-refractivity contribution is 7.85. The fraction of sp³-hybridized carbons (Fsp3) is 0.556. The molecule has 5 nitrogen and oxygen atoms in total. The van der Waals surface area contributed by atoms with Crippen molar-refractivity contribution < 1.29 is 17.7 Å². The van der Waals surface area contributed by atoms with Crippen LogP contribution in [-0.2, 0) is 16.5 Å². The van der Waals surface area contributed by atoms with E-state index in [1.165, 1.54) is 5.56 Å². The molecule has 0 heterocycles. The first-order valence-corrected chi connectivity index (χ1v) is 9.71. The van der Waals surface area contributed by atoms with Crippen molar-refractivity contribution >= 4 is 10.1 Å². The molecule has 0 saturated heterocycles. The van der Waals surface area contributed by atoms with Gasteiger partial charge < -0.3 is 10.1 Å². The Morgan fingerprint density at radius 1 is 1.25 bits per heavy atom. The van der Waals surface area contributed by atoms with Crippen LogP contribution in [0, 0.1) is 5.41 Å². The molecule has 1 aromatic rings. The lowest BCUT2D eigenvalue weighted by Gasteiger charge is -2.18. The fourth-order valence-corrected chi connectivity index (χ4v) is 2.68. The highest BCUT2D eigenvalue weighted by Crippen LogP contribution is 2.17. The maximum absolute atomic E-state index is 10.8. The van der Waals surface area contributed by atoms with E-state index in [4.69, 9.17) is 9.29 Å². The molecule has 6 heteroatoms. The quantitative estimate of drug-likeness (QED) is 0.404. The van der Waals surface area contributed by atoms with Crippen LogP contribution in [0.2, 0.25) is 0 Å². The normalized spacial score (nSPS) is 14.0. The predicted octanol–water partition coefficient (Wildman–Crippen LogP) is 3.08. The van der Waals surface area contributed by atoms with Crippen molar-refractivity contribution in [3.8, 4) is 5.75 Å². The van der Waals surface area contributed by atoms with Gasteiger partial charge >= 0.3 is 0 Å². The third-order valence-electron chi connectivity index (χ3n) is 3.43. The summed E-state index contributed by atoms with van der Waals surface area (Å²) in [5.41, 5.74) is 1.25. The molecule has 0 radical (unpaired) electrons. The minimum absolute atomic E-state index is 0.0777. The van der Waals surface area contributed by atoms with E-state index in [0.29, 0.717) is 13.0 Å². The summed E-state index contributed by atoms with van der Waals surface area (Å²) in [6, 6.07) is 8.00. The Bertz CT molecular complexity index is 615. The summed E-state index contributed by atoms with van der Waals surface area (Å²) in [5, 5.41) is 3.35. The van der Waals surface area contributed by atoms with Gasteiger partial charge in [0.1, 0.15) is 5.75 Å². The second kappa shape index (κ2) is 9.20. The van der Waals surface area contributed by atoms with Crippen LogP contribution in [0.15, 0.2) is 36.4 Å². The topological polar surface area (TPSA) is 75.6 Å². The largest absolute Gasteiger partial charge is 0.497 e. The van der Waals surface area contributed by atoms with E-state index in [1.807, 2.05) is 24.3 Å². The van der Waals surface area contributed by atoms with Crippen molar-refractivity contribution in [3.05, 3.63) is 42.0 Å². The van der Waals surface area contributed by atoms with Crippen LogP contribution in [-0.4, -0.2) is 38.4 Å². The zero-order valence-corrected chi connectivity index (χ0v) is 15.8. The van der Waals surface area contributed by atoms with Crippen LogP contribution in [0.3, 0.4) is 0 Å². The zero-order chi connectivity index (χ0) is 18.2. The minimum Gasteiger partial charge on any atom is -0.497 e. The molecule has 136 valence electrons. The first kappa shape index (κ1) is 20.7. The lowest BCUT2D eigenvalue weighted by molar-refractivity contribution is 0.414. The third kappa shape index (κ3) is 9.70. The van der Waals surface area contributed by atoms with E-state index >= 15 is 0 Å². The molecule has 1 aromatic carbocycles. The first-order chi connectivity index (χ1) is 11.1. The Hall–Kier alpha value is -1.37. The van der Waals surface area contributed by atoms with Crippen LogP contribution in [0.4, 0.5) is 0 Å². The van der Waals surface area contributed by atoms with Crippen molar-refractivity contribution in [1.82, 2.24) is 5.32 Å². The van der Waals surface area contributed by atoms with E-state index in [0.717, 1.165) is 12.2 Å². The number of allylic oxidation sites excluding steroid dienone is 1. The molecule has 2 N–H and O–H groups in total. The second-order valence-corrected chi connectivity index (χ2v) is 8.55. The predicted molar refractivity (Wildman–Crippen MR) is 98.1 cm³/mol. The van der Waals surface area contributed by atoms with E-state index in [1.54, 1.807) is 7.11 Å². The van der Waals surface area contributed by atoms with E-state index < -0.39 is 10.1 Å². The maximum Gasteiger partial charge on any atom is 0.264 e. The van der Waals surface area contributed by atoms with Crippen molar-refractivity contribution in [3.63, 3.8) is 0 Å². The molecule has 0 aliphatic heterocycles. The zero-order valence-electron chi connectivity index (χ0n) is 15.0. The van der Waals surface area contributed by atoms with Crippen molar-refractivity contribution in [1.29, 1.82) is 0 Å². The van der Waals surface area contributed by atoms with Crippen molar-refractivity contribution in [2.24, 2.45) is 5.41 Å². The summed E-state index contributed by atoms with van der Waals surface area (Å²) in [7, 11) is -2.26. The summed E-state index contributed by atoms with van der Waals surface area (Å²) >= 11 is 0. The van der Waals surface area contributed by atoms with E-state index in [2.05, 4.69) is 38.2 Å². The molecule has 0 fully saturated rings. The first-order valence-electron chi connectivity index (χ1n) is 8.10. The van der Waals surface area contributed by atoms with Crippen LogP contribution in [0.5, 0.6) is 5.75 Å². The molecule has 0 bridgehead atoms. The number of nitrogens with one attached hydrogen (secondary N) is 1. The number of benzene rings is 1. The molecule has 0 aromatic heterocycles. The summed E-state index contributed by atoms with van der Waals surface area (Å²) in [5.74, 6) is 0.597. The average molecular weight is 356 g/mol. The van der Waals surface area contributed by atoms with Crippen molar-refractivity contribution in [2.75, 3.05) is 19.4 Å². The Labute approximate surface area is 145 Å². The van der Waals surface area contributed by atoms with Crippen LogP contribution >= 0.6 is 0 Å². The van der Waals surface area contributed by atoms with E-state index in [-0.39, 0.29) is 17.2 Å².